The van der Waals surface area contributed by atoms with E-state index in [2.05, 4.69) is 5.32 Å². The number of rotatable bonds is 9. The number of methoxy groups -OCH3 is 1. The molecule has 1 aliphatic heterocycles. The summed E-state index contributed by atoms with van der Waals surface area (Å²) < 4.78 is 32.5. The topological polar surface area (TPSA) is 77.0 Å². The van der Waals surface area contributed by atoms with Crippen molar-refractivity contribution in [2.45, 2.75) is 75.5 Å². The summed E-state index contributed by atoms with van der Waals surface area (Å²) in [6.45, 7) is 1.14. The molecule has 2 saturated carbocycles. The van der Waals surface area contributed by atoms with Gasteiger partial charge in [-0.15, -0.1) is 0 Å². The number of carbonyl (C=O) groups is 1. The van der Waals surface area contributed by atoms with Crippen molar-refractivity contribution in [2.75, 3.05) is 25.6 Å². The summed E-state index contributed by atoms with van der Waals surface area (Å²) in [5, 5.41) is 13.2. The van der Waals surface area contributed by atoms with Gasteiger partial charge in [-0.05, 0) is 72.6 Å². The molecule has 2 aliphatic carbocycles. The molecular weight excluding hydrogens is 449 g/mol. The zero-order valence-corrected chi connectivity index (χ0v) is 20.3. The first kappa shape index (κ1) is 24.1. The number of carboxylic acids is 1. The van der Waals surface area contributed by atoms with E-state index in [9.17, 15) is 9.90 Å². The van der Waals surface area contributed by atoms with Crippen molar-refractivity contribution in [1.82, 2.24) is 0 Å². The van der Waals surface area contributed by atoms with E-state index in [1.54, 1.807) is 0 Å². The molecule has 35 heavy (non-hydrogen) atoms. The number of anilines is 1. The predicted octanol–water partition coefficient (Wildman–Crippen LogP) is 5.88. The molecular formula is C28H34FNO5. The van der Waals surface area contributed by atoms with Gasteiger partial charge in [0.2, 0.25) is 0 Å². The Balaban J connectivity index is 1.52. The van der Waals surface area contributed by atoms with Crippen molar-refractivity contribution in [3.63, 3.8) is 0 Å². The van der Waals surface area contributed by atoms with Crippen molar-refractivity contribution < 1.29 is 28.5 Å². The van der Waals surface area contributed by atoms with Gasteiger partial charge < -0.3 is 24.6 Å². The van der Waals surface area contributed by atoms with Crippen LogP contribution in [0.1, 0.15) is 68.4 Å². The van der Waals surface area contributed by atoms with Gasteiger partial charge in [-0.2, -0.15) is 0 Å². The summed E-state index contributed by atoms with van der Waals surface area (Å²) in [6, 6.07) is 9.38. The Labute approximate surface area is 205 Å². The lowest BCUT2D eigenvalue weighted by molar-refractivity contribution is -0.145. The van der Waals surface area contributed by atoms with Gasteiger partial charge >= 0.3 is 5.97 Å². The summed E-state index contributed by atoms with van der Waals surface area (Å²) in [5.74, 6) is -0.569. The highest BCUT2D eigenvalue weighted by Crippen LogP contribution is 2.44. The molecule has 0 radical (unpaired) electrons. The average Bonchev–Trinajstić information content (AvgIpc) is 3.59. The quantitative estimate of drug-likeness (QED) is 0.464. The van der Waals surface area contributed by atoms with Crippen molar-refractivity contribution in [2.24, 2.45) is 0 Å². The Kier molecular flexibility index (Phi) is 6.98. The van der Waals surface area contributed by atoms with Gasteiger partial charge in [0.15, 0.2) is 11.6 Å². The fraction of sp³-hybridized carbons (Fsp3) is 0.536. The largest absolute Gasteiger partial charge is 0.494 e. The molecule has 2 aromatic rings. The maximum Gasteiger partial charge on any atom is 0.329 e. The Morgan fingerprint density at radius 1 is 1.11 bits per heavy atom. The van der Waals surface area contributed by atoms with E-state index < -0.39 is 11.5 Å². The van der Waals surface area contributed by atoms with Crippen molar-refractivity contribution in [3.8, 4) is 16.9 Å². The smallest absolute Gasteiger partial charge is 0.329 e. The number of benzene rings is 2. The third-order valence-corrected chi connectivity index (χ3v) is 7.64. The summed E-state index contributed by atoms with van der Waals surface area (Å²) >= 11 is 0. The molecule has 0 atom stereocenters. The van der Waals surface area contributed by atoms with Crippen LogP contribution in [0, 0.1) is 5.82 Å². The van der Waals surface area contributed by atoms with Crippen LogP contribution >= 0.6 is 0 Å². The highest BCUT2D eigenvalue weighted by Gasteiger charge is 2.40. The lowest BCUT2D eigenvalue weighted by atomic mass is 9.89. The fourth-order valence-corrected chi connectivity index (χ4v) is 5.32. The Bertz CT molecular complexity index is 1070. The zero-order valence-electron chi connectivity index (χ0n) is 20.3. The lowest BCUT2D eigenvalue weighted by Crippen LogP contribution is -2.50. The molecule has 2 aromatic carbocycles. The van der Waals surface area contributed by atoms with Gasteiger partial charge in [0, 0.05) is 37.3 Å². The number of hydrogen-bond acceptors (Lipinski definition) is 5. The second-order valence-corrected chi connectivity index (χ2v) is 10.1. The molecule has 188 valence electrons. The molecule has 3 aliphatic rings. The number of carboxylic acid groups (broad SMARTS) is 1. The average molecular weight is 484 g/mol. The van der Waals surface area contributed by atoms with Crippen molar-refractivity contribution in [1.29, 1.82) is 0 Å². The summed E-state index contributed by atoms with van der Waals surface area (Å²) in [6.07, 6.45) is 7.59. The molecule has 1 heterocycles. The first-order valence-electron chi connectivity index (χ1n) is 12.7. The third-order valence-electron chi connectivity index (χ3n) is 7.64. The lowest BCUT2D eigenvalue weighted by Gasteiger charge is -2.35. The van der Waals surface area contributed by atoms with E-state index in [-0.39, 0.29) is 17.7 Å². The number of halogens is 1. The Morgan fingerprint density at radius 3 is 2.51 bits per heavy atom. The predicted molar refractivity (Wildman–Crippen MR) is 131 cm³/mol. The molecule has 0 amide bonds. The summed E-state index contributed by atoms with van der Waals surface area (Å²) in [4.78, 5) is 12.2. The van der Waals surface area contributed by atoms with E-state index in [1.165, 1.54) is 7.11 Å². The van der Waals surface area contributed by atoms with Crippen LogP contribution in [0.4, 0.5) is 10.1 Å². The second-order valence-electron chi connectivity index (χ2n) is 10.1. The van der Waals surface area contributed by atoms with Crippen LogP contribution in [0.3, 0.4) is 0 Å². The minimum Gasteiger partial charge on any atom is -0.494 e. The zero-order chi connectivity index (χ0) is 24.4. The molecule has 3 fully saturated rings. The molecule has 0 spiro atoms. The van der Waals surface area contributed by atoms with E-state index in [0.717, 1.165) is 55.2 Å². The third kappa shape index (κ3) is 5.16. The monoisotopic (exact) mass is 483 g/mol. The standard InChI is InChI=1S/C28H34FNO5/c1-33-25-16-19(18-6-7-18)15-24(26(25)29)23-9-8-21(14-20(23)17-35-22-4-2-3-5-22)30-28(27(31)32)10-12-34-13-11-28/h8-9,14-16,18,22,30H,2-7,10-13,17H2,1H3,(H,31,32). The minimum atomic E-state index is -1.08. The van der Waals surface area contributed by atoms with Gasteiger partial charge in [-0.25, -0.2) is 9.18 Å². The molecule has 2 N–H and O–H groups in total. The van der Waals surface area contributed by atoms with Gasteiger partial charge in [0.25, 0.3) is 0 Å². The number of aliphatic carboxylic acids is 1. The van der Waals surface area contributed by atoms with Crippen LogP contribution < -0.4 is 10.1 Å². The van der Waals surface area contributed by atoms with E-state index in [1.807, 2.05) is 30.3 Å². The van der Waals surface area contributed by atoms with Crippen molar-refractivity contribution >= 4 is 11.7 Å². The first-order valence-corrected chi connectivity index (χ1v) is 12.7. The molecule has 5 rings (SSSR count). The number of ether oxygens (including phenoxy) is 3. The summed E-state index contributed by atoms with van der Waals surface area (Å²) in [5.41, 5.74) is 2.79. The normalized spacial score (nSPS) is 20.1. The highest BCUT2D eigenvalue weighted by molar-refractivity contribution is 5.83. The van der Waals surface area contributed by atoms with Crippen LogP contribution in [0.2, 0.25) is 0 Å². The van der Waals surface area contributed by atoms with Crippen LogP contribution in [0.25, 0.3) is 11.1 Å². The van der Waals surface area contributed by atoms with Crippen LogP contribution in [-0.2, 0) is 20.9 Å². The van der Waals surface area contributed by atoms with Crippen LogP contribution in [0.15, 0.2) is 30.3 Å². The van der Waals surface area contributed by atoms with Crippen LogP contribution in [-0.4, -0.2) is 43.0 Å². The van der Waals surface area contributed by atoms with Gasteiger partial charge in [0.05, 0.1) is 19.8 Å². The van der Waals surface area contributed by atoms with Crippen LogP contribution in [0.5, 0.6) is 5.75 Å². The maximum atomic E-state index is 15.5. The SMILES string of the molecule is COc1cc(C2CC2)cc(-c2ccc(NC3(C(=O)O)CCOCC3)cc2COC2CCCC2)c1F. The molecule has 0 aromatic heterocycles. The van der Waals surface area contributed by atoms with E-state index in [4.69, 9.17) is 14.2 Å². The van der Waals surface area contributed by atoms with Gasteiger partial charge in [0.1, 0.15) is 5.54 Å². The number of hydrogen-bond donors (Lipinski definition) is 2. The van der Waals surface area contributed by atoms with E-state index >= 15 is 4.39 Å². The second kappa shape index (κ2) is 10.2. The molecule has 1 saturated heterocycles. The first-order chi connectivity index (χ1) is 17.0. The molecule has 0 bridgehead atoms. The molecule has 7 heteroatoms. The number of nitrogens with one attached hydrogen (secondary N) is 1. The summed E-state index contributed by atoms with van der Waals surface area (Å²) in [7, 11) is 1.50. The van der Waals surface area contributed by atoms with Gasteiger partial charge in [-0.3, -0.25) is 0 Å². The fourth-order valence-electron chi connectivity index (χ4n) is 5.32. The maximum absolute atomic E-state index is 15.5. The molecule has 6 nitrogen and oxygen atoms in total. The van der Waals surface area contributed by atoms with Crippen molar-refractivity contribution in [3.05, 3.63) is 47.3 Å². The Hall–Kier alpha value is -2.64. The highest BCUT2D eigenvalue weighted by atomic mass is 19.1. The molecule has 0 unspecified atom stereocenters. The minimum absolute atomic E-state index is 0.206. The van der Waals surface area contributed by atoms with E-state index in [0.29, 0.717) is 49.8 Å². The Morgan fingerprint density at radius 2 is 1.86 bits per heavy atom. The van der Waals surface area contributed by atoms with Gasteiger partial charge in [-0.1, -0.05) is 18.9 Å².